The van der Waals surface area contributed by atoms with E-state index >= 15 is 0 Å². The van der Waals surface area contributed by atoms with E-state index in [1.165, 1.54) is 0 Å². The van der Waals surface area contributed by atoms with Crippen molar-refractivity contribution in [2.24, 2.45) is 0 Å². The van der Waals surface area contributed by atoms with Gasteiger partial charge in [-0.3, -0.25) is 9.69 Å². The quantitative estimate of drug-likeness (QED) is 0.653. The molecule has 1 saturated heterocycles. The first-order valence-electron chi connectivity index (χ1n) is 5.14. The summed E-state index contributed by atoms with van der Waals surface area (Å²) in [6.07, 6.45) is 0. The highest BCUT2D eigenvalue weighted by atomic mass is 16.5. The summed E-state index contributed by atoms with van der Waals surface area (Å²) in [5, 5.41) is 11.5. The van der Waals surface area contributed by atoms with Crippen LogP contribution in [0.5, 0.6) is 0 Å². The molecule has 0 aromatic rings. The Bertz CT molecular complexity index is 260. The maximum Gasteiger partial charge on any atom is 0.239 e. The maximum absolute atomic E-state index is 11.8. The third-order valence-corrected chi connectivity index (χ3v) is 2.25. The van der Waals surface area contributed by atoms with E-state index in [0.717, 1.165) is 0 Å². The van der Waals surface area contributed by atoms with Gasteiger partial charge in [0.05, 0.1) is 25.8 Å². The van der Waals surface area contributed by atoms with Crippen LogP contribution in [0, 0.1) is 11.3 Å². The molecule has 1 aliphatic heterocycles. The van der Waals surface area contributed by atoms with E-state index in [4.69, 9.17) is 10.00 Å². The number of nitriles is 1. The first-order chi connectivity index (χ1) is 7.15. The fourth-order valence-corrected chi connectivity index (χ4v) is 1.54. The first-order valence-corrected chi connectivity index (χ1v) is 5.14. The summed E-state index contributed by atoms with van der Waals surface area (Å²) in [6, 6.07) is 1.86. The lowest BCUT2D eigenvalue weighted by Gasteiger charge is -2.33. The molecule has 5 nitrogen and oxygen atoms in total. The van der Waals surface area contributed by atoms with Crippen LogP contribution >= 0.6 is 0 Å². The lowest BCUT2D eigenvalue weighted by atomic mass is 10.2. The summed E-state index contributed by atoms with van der Waals surface area (Å²) in [5.74, 6) is -0.0556. The van der Waals surface area contributed by atoms with Crippen LogP contribution in [-0.2, 0) is 9.53 Å². The number of hydrogen-bond acceptors (Lipinski definition) is 4. The standard InChI is InChI=1S/C10H17N3O2/c1-8(2)12-10(14)9-7-15-6-5-13(9)4-3-11/h8-9H,4-7H2,1-2H3,(H,12,14). The van der Waals surface area contributed by atoms with Crippen molar-refractivity contribution in [3.05, 3.63) is 0 Å². The molecule has 84 valence electrons. The van der Waals surface area contributed by atoms with Crippen molar-refractivity contribution >= 4 is 5.91 Å². The summed E-state index contributed by atoms with van der Waals surface area (Å²) in [7, 11) is 0. The van der Waals surface area contributed by atoms with Gasteiger partial charge in [-0.2, -0.15) is 5.26 Å². The molecule has 0 aromatic carbocycles. The van der Waals surface area contributed by atoms with E-state index in [1.54, 1.807) is 0 Å². The third-order valence-electron chi connectivity index (χ3n) is 2.25. The SMILES string of the molecule is CC(C)NC(=O)C1COCCN1CC#N. The smallest absolute Gasteiger partial charge is 0.239 e. The van der Waals surface area contributed by atoms with Crippen LogP contribution in [0.2, 0.25) is 0 Å². The van der Waals surface area contributed by atoms with E-state index < -0.39 is 0 Å². The summed E-state index contributed by atoms with van der Waals surface area (Å²) in [4.78, 5) is 13.6. The van der Waals surface area contributed by atoms with Crippen LogP contribution in [0.4, 0.5) is 0 Å². The Balaban J connectivity index is 2.55. The second kappa shape index (κ2) is 5.69. The van der Waals surface area contributed by atoms with Crippen LogP contribution < -0.4 is 5.32 Å². The molecule has 1 N–H and O–H groups in total. The molecular formula is C10H17N3O2. The third kappa shape index (κ3) is 3.50. The molecule has 0 aliphatic carbocycles. The zero-order valence-electron chi connectivity index (χ0n) is 9.19. The molecule has 1 heterocycles. The monoisotopic (exact) mass is 211 g/mol. The Morgan fingerprint density at radius 3 is 3.07 bits per heavy atom. The molecular weight excluding hydrogens is 194 g/mol. The zero-order chi connectivity index (χ0) is 11.3. The second-order valence-electron chi connectivity index (χ2n) is 3.88. The average Bonchev–Trinajstić information content (AvgIpc) is 2.18. The minimum Gasteiger partial charge on any atom is -0.378 e. The van der Waals surface area contributed by atoms with E-state index in [9.17, 15) is 4.79 Å². The van der Waals surface area contributed by atoms with Crippen molar-refractivity contribution < 1.29 is 9.53 Å². The van der Waals surface area contributed by atoms with Crippen LogP contribution in [-0.4, -0.2) is 49.2 Å². The van der Waals surface area contributed by atoms with Gasteiger partial charge in [-0.05, 0) is 13.8 Å². The van der Waals surface area contributed by atoms with Crippen LogP contribution in [0.15, 0.2) is 0 Å². The van der Waals surface area contributed by atoms with Crippen molar-refractivity contribution in [3.8, 4) is 6.07 Å². The number of hydrogen-bond donors (Lipinski definition) is 1. The molecule has 0 bridgehead atoms. The molecule has 0 saturated carbocycles. The molecule has 0 radical (unpaired) electrons. The lowest BCUT2D eigenvalue weighted by Crippen LogP contribution is -2.54. The fourth-order valence-electron chi connectivity index (χ4n) is 1.54. The number of nitrogens with one attached hydrogen (secondary N) is 1. The average molecular weight is 211 g/mol. The highest BCUT2D eigenvalue weighted by Crippen LogP contribution is 2.06. The van der Waals surface area contributed by atoms with Crippen molar-refractivity contribution in [1.82, 2.24) is 10.2 Å². The summed E-state index contributed by atoms with van der Waals surface area (Å²) >= 11 is 0. The highest BCUT2D eigenvalue weighted by molar-refractivity contribution is 5.82. The molecule has 1 atom stereocenters. The van der Waals surface area contributed by atoms with Gasteiger partial charge in [-0.1, -0.05) is 0 Å². The number of ether oxygens (including phenoxy) is 1. The van der Waals surface area contributed by atoms with Gasteiger partial charge in [0.1, 0.15) is 6.04 Å². The minimum atomic E-state index is -0.319. The predicted molar refractivity (Wildman–Crippen MR) is 55.1 cm³/mol. The van der Waals surface area contributed by atoms with E-state index in [2.05, 4.69) is 11.4 Å². The fraction of sp³-hybridized carbons (Fsp3) is 0.800. The number of morpholine rings is 1. The Hall–Kier alpha value is -1.12. The van der Waals surface area contributed by atoms with E-state index in [0.29, 0.717) is 19.8 Å². The highest BCUT2D eigenvalue weighted by Gasteiger charge is 2.29. The van der Waals surface area contributed by atoms with Gasteiger partial charge in [0, 0.05) is 12.6 Å². The van der Waals surface area contributed by atoms with Crippen molar-refractivity contribution in [3.63, 3.8) is 0 Å². The summed E-state index contributed by atoms with van der Waals surface area (Å²) < 4.78 is 5.25. The van der Waals surface area contributed by atoms with Gasteiger partial charge in [0.25, 0.3) is 0 Å². The van der Waals surface area contributed by atoms with Crippen LogP contribution in [0.1, 0.15) is 13.8 Å². The molecule has 1 aliphatic rings. The Morgan fingerprint density at radius 1 is 1.73 bits per heavy atom. The molecule has 1 fully saturated rings. The minimum absolute atomic E-state index is 0.0556. The number of carbonyl (C=O) groups is 1. The predicted octanol–water partition coefficient (Wildman–Crippen LogP) is -0.265. The Labute approximate surface area is 90.0 Å². The zero-order valence-corrected chi connectivity index (χ0v) is 9.19. The van der Waals surface area contributed by atoms with Crippen LogP contribution in [0.3, 0.4) is 0 Å². The molecule has 1 amide bonds. The maximum atomic E-state index is 11.8. The van der Waals surface area contributed by atoms with Gasteiger partial charge in [0.2, 0.25) is 5.91 Å². The molecule has 1 unspecified atom stereocenters. The van der Waals surface area contributed by atoms with Crippen molar-refractivity contribution in [2.45, 2.75) is 25.9 Å². The lowest BCUT2D eigenvalue weighted by molar-refractivity contribution is -0.132. The van der Waals surface area contributed by atoms with Gasteiger partial charge >= 0.3 is 0 Å². The van der Waals surface area contributed by atoms with Crippen molar-refractivity contribution in [1.29, 1.82) is 5.26 Å². The summed E-state index contributed by atoms with van der Waals surface area (Å²) in [5.41, 5.74) is 0. The normalized spacial score (nSPS) is 22.4. The largest absolute Gasteiger partial charge is 0.378 e. The van der Waals surface area contributed by atoms with Crippen LogP contribution in [0.25, 0.3) is 0 Å². The van der Waals surface area contributed by atoms with Gasteiger partial charge in [-0.25, -0.2) is 0 Å². The first kappa shape index (κ1) is 12.0. The molecule has 0 spiro atoms. The topological polar surface area (TPSA) is 65.4 Å². The molecule has 5 heteroatoms. The molecule has 1 rings (SSSR count). The van der Waals surface area contributed by atoms with Gasteiger partial charge in [-0.15, -0.1) is 0 Å². The molecule has 0 aromatic heterocycles. The number of nitrogens with zero attached hydrogens (tertiary/aromatic N) is 2. The number of rotatable bonds is 3. The Morgan fingerprint density at radius 2 is 2.47 bits per heavy atom. The van der Waals surface area contributed by atoms with Gasteiger partial charge in [0.15, 0.2) is 0 Å². The number of amides is 1. The van der Waals surface area contributed by atoms with E-state index in [1.807, 2.05) is 18.7 Å². The Kier molecular flexibility index (Phi) is 4.53. The van der Waals surface area contributed by atoms with E-state index in [-0.39, 0.29) is 24.5 Å². The second-order valence-corrected chi connectivity index (χ2v) is 3.88. The molecule has 15 heavy (non-hydrogen) atoms. The summed E-state index contributed by atoms with van der Waals surface area (Å²) in [6.45, 7) is 5.71. The van der Waals surface area contributed by atoms with Crippen molar-refractivity contribution in [2.75, 3.05) is 26.3 Å². The van der Waals surface area contributed by atoms with Gasteiger partial charge < -0.3 is 10.1 Å². The number of carbonyl (C=O) groups excluding carboxylic acids is 1.